The highest BCUT2D eigenvalue weighted by molar-refractivity contribution is 9.10. The second-order valence-corrected chi connectivity index (χ2v) is 12.4. The quantitative estimate of drug-likeness (QED) is 0.294. The summed E-state index contributed by atoms with van der Waals surface area (Å²) in [6.07, 6.45) is 0.730. The zero-order chi connectivity index (χ0) is 29.4. The number of carbonyl (C=O) groups is 2. The zero-order valence-electron chi connectivity index (χ0n) is 23.4. The van der Waals surface area contributed by atoms with Crippen LogP contribution in [0.4, 0.5) is 5.69 Å². The molecular formula is C30H36BrN3O5S. The van der Waals surface area contributed by atoms with Gasteiger partial charge in [0.1, 0.15) is 18.3 Å². The summed E-state index contributed by atoms with van der Waals surface area (Å²) in [6, 6.07) is 19.6. The van der Waals surface area contributed by atoms with Crippen LogP contribution in [0.25, 0.3) is 0 Å². The van der Waals surface area contributed by atoms with Gasteiger partial charge < -0.3 is 15.0 Å². The molecule has 0 aliphatic carbocycles. The maximum atomic E-state index is 14.1. The van der Waals surface area contributed by atoms with Crippen molar-refractivity contribution in [1.82, 2.24) is 10.2 Å². The van der Waals surface area contributed by atoms with E-state index in [0.717, 1.165) is 26.3 Å². The number of hydrogen-bond acceptors (Lipinski definition) is 5. The van der Waals surface area contributed by atoms with Gasteiger partial charge in [-0.05, 0) is 74.7 Å². The van der Waals surface area contributed by atoms with E-state index in [1.54, 1.807) is 43.3 Å². The fourth-order valence-electron chi connectivity index (χ4n) is 4.11. The van der Waals surface area contributed by atoms with Gasteiger partial charge in [-0.1, -0.05) is 59.3 Å². The maximum Gasteiger partial charge on any atom is 0.264 e. The Kier molecular flexibility index (Phi) is 10.8. The number of halogens is 1. The summed E-state index contributed by atoms with van der Waals surface area (Å²) in [5.74, 6) is -0.544. The molecule has 0 aliphatic heterocycles. The number of aryl methyl sites for hydroxylation is 1. The summed E-state index contributed by atoms with van der Waals surface area (Å²) in [6.45, 7) is 6.91. The SMILES string of the molecule is CC[C@@H](C)NC(=O)[C@@H](C)N(Cc1cccc(Br)c1)C(=O)CN(c1cc(C)ccc1OC)S(=O)(=O)c1ccccc1. The summed E-state index contributed by atoms with van der Waals surface area (Å²) < 4.78 is 35.3. The molecule has 214 valence electrons. The van der Waals surface area contributed by atoms with Crippen molar-refractivity contribution in [2.75, 3.05) is 18.0 Å². The molecule has 2 atom stereocenters. The van der Waals surface area contributed by atoms with Crippen molar-refractivity contribution in [3.63, 3.8) is 0 Å². The van der Waals surface area contributed by atoms with Crippen LogP contribution < -0.4 is 14.4 Å². The lowest BCUT2D eigenvalue weighted by Crippen LogP contribution is -2.52. The van der Waals surface area contributed by atoms with Crippen LogP contribution in [0.15, 0.2) is 82.2 Å². The van der Waals surface area contributed by atoms with Gasteiger partial charge in [0.15, 0.2) is 0 Å². The monoisotopic (exact) mass is 629 g/mol. The zero-order valence-corrected chi connectivity index (χ0v) is 25.8. The van der Waals surface area contributed by atoms with Crippen LogP contribution in [0.5, 0.6) is 5.75 Å². The summed E-state index contributed by atoms with van der Waals surface area (Å²) in [5, 5.41) is 2.93. The molecule has 1 N–H and O–H groups in total. The maximum absolute atomic E-state index is 14.1. The molecule has 10 heteroatoms. The lowest BCUT2D eigenvalue weighted by Gasteiger charge is -2.33. The van der Waals surface area contributed by atoms with Gasteiger partial charge in [0.05, 0.1) is 17.7 Å². The van der Waals surface area contributed by atoms with E-state index in [2.05, 4.69) is 21.2 Å². The van der Waals surface area contributed by atoms with Crippen LogP contribution in [0.3, 0.4) is 0 Å². The molecule has 0 spiro atoms. The molecular weight excluding hydrogens is 594 g/mol. The standard InChI is InChI=1S/C30H36BrN3O5S/c1-6-22(3)32-30(36)23(4)33(19-24-11-10-12-25(31)18-24)29(35)20-34(27-17-21(2)15-16-28(27)39-5)40(37,38)26-13-8-7-9-14-26/h7-18,22-23H,6,19-20H2,1-5H3,(H,32,36)/t22-,23-/m1/s1. The first kappa shape index (κ1) is 31.2. The van der Waals surface area contributed by atoms with Crippen LogP contribution in [-0.4, -0.2) is 50.9 Å². The van der Waals surface area contributed by atoms with Crippen molar-refractivity contribution >= 4 is 43.5 Å². The molecule has 0 saturated carbocycles. The highest BCUT2D eigenvalue weighted by atomic mass is 79.9. The predicted octanol–water partition coefficient (Wildman–Crippen LogP) is 5.29. The highest BCUT2D eigenvalue weighted by Crippen LogP contribution is 2.33. The van der Waals surface area contributed by atoms with E-state index in [0.29, 0.717) is 5.75 Å². The van der Waals surface area contributed by atoms with Gasteiger partial charge in [-0.3, -0.25) is 13.9 Å². The lowest BCUT2D eigenvalue weighted by molar-refractivity contribution is -0.139. The lowest BCUT2D eigenvalue weighted by atomic mass is 10.1. The van der Waals surface area contributed by atoms with Crippen LogP contribution in [0, 0.1) is 6.92 Å². The van der Waals surface area contributed by atoms with E-state index in [1.165, 1.54) is 24.1 Å². The molecule has 0 unspecified atom stereocenters. The van der Waals surface area contributed by atoms with Gasteiger partial charge in [-0.2, -0.15) is 0 Å². The second-order valence-electron chi connectivity index (χ2n) is 9.65. The van der Waals surface area contributed by atoms with Gasteiger partial charge in [0.2, 0.25) is 11.8 Å². The number of methoxy groups -OCH3 is 1. The summed E-state index contributed by atoms with van der Waals surface area (Å²) in [4.78, 5) is 28.7. The highest BCUT2D eigenvalue weighted by Gasteiger charge is 2.34. The minimum absolute atomic E-state index is 0.0347. The Morgan fingerprint density at radius 3 is 2.33 bits per heavy atom. The Morgan fingerprint density at radius 2 is 1.70 bits per heavy atom. The van der Waals surface area contributed by atoms with Crippen molar-refractivity contribution in [2.24, 2.45) is 0 Å². The van der Waals surface area contributed by atoms with E-state index in [9.17, 15) is 18.0 Å². The molecule has 0 radical (unpaired) electrons. The van der Waals surface area contributed by atoms with Crippen LogP contribution >= 0.6 is 15.9 Å². The van der Waals surface area contributed by atoms with Crippen molar-refractivity contribution in [3.05, 3.63) is 88.4 Å². The van der Waals surface area contributed by atoms with E-state index in [-0.39, 0.29) is 29.1 Å². The largest absolute Gasteiger partial charge is 0.495 e. The summed E-state index contributed by atoms with van der Waals surface area (Å²) in [7, 11) is -2.73. The third-order valence-electron chi connectivity index (χ3n) is 6.62. The molecule has 8 nitrogen and oxygen atoms in total. The van der Waals surface area contributed by atoms with Gasteiger partial charge >= 0.3 is 0 Å². The minimum Gasteiger partial charge on any atom is -0.495 e. The number of carbonyl (C=O) groups excluding carboxylic acids is 2. The van der Waals surface area contributed by atoms with Crippen molar-refractivity contribution < 1.29 is 22.7 Å². The molecule has 0 aromatic heterocycles. The summed E-state index contributed by atoms with van der Waals surface area (Å²) in [5.41, 5.74) is 1.82. The molecule has 3 rings (SSSR count). The Balaban J connectivity index is 2.08. The third-order valence-corrected chi connectivity index (χ3v) is 8.89. The number of sulfonamides is 1. The first-order valence-corrected chi connectivity index (χ1v) is 15.3. The number of benzene rings is 3. The number of rotatable bonds is 12. The Morgan fingerprint density at radius 1 is 1.00 bits per heavy atom. The fraction of sp³-hybridized carbons (Fsp3) is 0.333. The smallest absolute Gasteiger partial charge is 0.264 e. The van der Waals surface area contributed by atoms with Gasteiger partial charge in [-0.25, -0.2) is 8.42 Å². The van der Waals surface area contributed by atoms with Crippen molar-refractivity contribution in [2.45, 2.75) is 57.6 Å². The van der Waals surface area contributed by atoms with Gasteiger partial charge in [0, 0.05) is 17.1 Å². The first-order chi connectivity index (χ1) is 19.0. The molecule has 3 aromatic rings. The number of nitrogens with zero attached hydrogens (tertiary/aromatic N) is 2. The average molecular weight is 631 g/mol. The van der Waals surface area contributed by atoms with E-state index in [1.807, 2.05) is 45.0 Å². The minimum atomic E-state index is -4.18. The van der Waals surface area contributed by atoms with Crippen molar-refractivity contribution in [1.29, 1.82) is 0 Å². The first-order valence-electron chi connectivity index (χ1n) is 13.0. The van der Waals surface area contributed by atoms with Crippen LogP contribution in [0.1, 0.15) is 38.3 Å². The molecule has 0 heterocycles. The van der Waals surface area contributed by atoms with E-state index >= 15 is 0 Å². The van der Waals surface area contributed by atoms with E-state index in [4.69, 9.17) is 4.74 Å². The predicted molar refractivity (Wildman–Crippen MR) is 161 cm³/mol. The van der Waals surface area contributed by atoms with Gasteiger partial charge in [-0.15, -0.1) is 0 Å². The van der Waals surface area contributed by atoms with E-state index < -0.39 is 28.5 Å². The number of anilines is 1. The third kappa shape index (κ3) is 7.63. The Bertz CT molecular complexity index is 1430. The number of amides is 2. The van der Waals surface area contributed by atoms with Crippen molar-refractivity contribution in [3.8, 4) is 5.75 Å². The Hall–Kier alpha value is -3.37. The normalized spacial score (nSPS) is 12.8. The summed E-state index contributed by atoms with van der Waals surface area (Å²) >= 11 is 3.46. The van der Waals surface area contributed by atoms with Crippen LogP contribution in [0.2, 0.25) is 0 Å². The van der Waals surface area contributed by atoms with Crippen LogP contribution in [-0.2, 0) is 26.2 Å². The van der Waals surface area contributed by atoms with Gasteiger partial charge in [0.25, 0.3) is 10.0 Å². The molecule has 0 saturated heterocycles. The second kappa shape index (κ2) is 13.8. The number of nitrogens with one attached hydrogen (secondary N) is 1. The molecule has 0 bridgehead atoms. The Labute approximate surface area is 245 Å². The number of ether oxygens (including phenoxy) is 1. The average Bonchev–Trinajstić information content (AvgIpc) is 2.94. The molecule has 2 amide bonds. The molecule has 40 heavy (non-hydrogen) atoms. The topological polar surface area (TPSA) is 96.0 Å². The molecule has 0 fully saturated rings. The number of hydrogen-bond donors (Lipinski definition) is 1. The fourth-order valence-corrected chi connectivity index (χ4v) is 5.99. The molecule has 3 aromatic carbocycles. The molecule has 0 aliphatic rings.